The lowest BCUT2D eigenvalue weighted by atomic mass is 10.1. The number of hydrogen-bond acceptors (Lipinski definition) is 5. The van der Waals surface area contributed by atoms with E-state index in [1.807, 2.05) is 36.1 Å². The zero-order valence-electron chi connectivity index (χ0n) is 12.9. The number of carbonyl (C=O) groups excluding carboxylic acids is 1. The Morgan fingerprint density at radius 1 is 1.32 bits per heavy atom. The molecule has 0 radical (unpaired) electrons. The summed E-state index contributed by atoms with van der Waals surface area (Å²) >= 11 is 0. The SMILES string of the molecule is CC(N)CCC(=O)N1CCN(c2nc3ccccc3o2)CC1. The number of carbonyl (C=O) groups is 1. The quantitative estimate of drug-likeness (QED) is 0.928. The number of hydrogen-bond donors (Lipinski definition) is 1. The topological polar surface area (TPSA) is 75.6 Å². The van der Waals surface area contributed by atoms with Crippen molar-refractivity contribution in [3.05, 3.63) is 24.3 Å². The number of nitrogens with two attached hydrogens (primary N) is 1. The van der Waals surface area contributed by atoms with Crippen molar-refractivity contribution in [1.29, 1.82) is 0 Å². The first-order valence-corrected chi connectivity index (χ1v) is 7.77. The highest BCUT2D eigenvalue weighted by molar-refractivity contribution is 5.77. The highest BCUT2D eigenvalue weighted by atomic mass is 16.4. The number of nitrogens with zero attached hydrogens (tertiary/aromatic N) is 3. The van der Waals surface area contributed by atoms with Crippen molar-refractivity contribution in [2.45, 2.75) is 25.8 Å². The van der Waals surface area contributed by atoms with Gasteiger partial charge in [-0.1, -0.05) is 12.1 Å². The Labute approximate surface area is 129 Å². The normalized spacial score (nSPS) is 17.0. The van der Waals surface area contributed by atoms with Crippen LogP contribution in [0.25, 0.3) is 11.1 Å². The number of rotatable bonds is 4. The molecule has 1 atom stereocenters. The van der Waals surface area contributed by atoms with E-state index in [1.165, 1.54) is 0 Å². The van der Waals surface area contributed by atoms with Gasteiger partial charge in [0.15, 0.2) is 5.58 Å². The summed E-state index contributed by atoms with van der Waals surface area (Å²) in [6, 6.07) is 8.46. The van der Waals surface area contributed by atoms with Gasteiger partial charge in [-0.05, 0) is 25.5 Å². The molecule has 0 aliphatic carbocycles. The maximum absolute atomic E-state index is 12.1. The Hall–Kier alpha value is -2.08. The highest BCUT2D eigenvalue weighted by Crippen LogP contribution is 2.22. The van der Waals surface area contributed by atoms with Crippen molar-refractivity contribution < 1.29 is 9.21 Å². The molecule has 0 bridgehead atoms. The van der Waals surface area contributed by atoms with Crippen molar-refractivity contribution in [3.63, 3.8) is 0 Å². The minimum atomic E-state index is 0.0741. The molecule has 1 amide bonds. The molecular formula is C16H22N4O2. The number of fused-ring (bicyclic) bond motifs is 1. The van der Waals surface area contributed by atoms with Crippen LogP contribution in [0.2, 0.25) is 0 Å². The number of benzene rings is 1. The summed E-state index contributed by atoms with van der Waals surface area (Å²) in [6.45, 7) is 4.83. The second kappa shape index (κ2) is 6.36. The molecule has 1 aliphatic rings. The van der Waals surface area contributed by atoms with E-state index in [0.29, 0.717) is 25.5 Å². The molecule has 2 N–H and O–H groups in total. The average Bonchev–Trinajstić information content (AvgIpc) is 2.96. The van der Waals surface area contributed by atoms with Crippen LogP contribution in [-0.2, 0) is 4.79 Å². The summed E-state index contributed by atoms with van der Waals surface area (Å²) in [6.07, 6.45) is 1.27. The van der Waals surface area contributed by atoms with Crippen molar-refractivity contribution in [2.24, 2.45) is 5.73 Å². The van der Waals surface area contributed by atoms with E-state index in [9.17, 15) is 4.79 Å². The van der Waals surface area contributed by atoms with Gasteiger partial charge >= 0.3 is 0 Å². The summed E-state index contributed by atoms with van der Waals surface area (Å²) in [5, 5.41) is 0. The minimum absolute atomic E-state index is 0.0741. The maximum Gasteiger partial charge on any atom is 0.298 e. The monoisotopic (exact) mass is 302 g/mol. The van der Waals surface area contributed by atoms with Crippen molar-refractivity contribution >= 4 is 23.0 Å². The van der Waals surface area contributed by atoms with Crippen LogP contribution in [0.3, 0.4) is 0 Å². The van der Waals surface area contributed by atoms with E-state index in [4.69, 9.17) is 10.2 Å². The number of aromatic nitrogens is 1. The van der Waals surface area contributed by atoms with Crippen molar-refractivity contribution in [2.75, 3.05) is 31.1 Å². The van der Waals surface area contributed by atoms with Crippen molar-refractivity contribution in [3.8, 4) is 0 Å². The van der Waals surface area contributed by atoms with Gasteiger partial charge in [-0.15, -0.1) is 0 Å². The van der Waals surface area contributed by atoms with E-state index >= 15 is 0 Å². The van der Waals surface area contributed by atoms with Gasteiger partial charge in [0.25, 0.3) is 6.01 Å². The molecule has 0 spiro atoms. The summed E-state index contributed by atoms with van der Waals surface area (Å²) in [5.41, 5.74) is 7.37. The number of anilines is 1. The minimum Gasteiger partial charge on any atom is -0.423 e. The van der Waals surface area contributed by atoms with Gasteiger partial charge in [0.05, 0.1) is 0 Å². The largest absolute Gasteiger partial charge is 0.423 e. The number of para-hydroxylation sites is 2. The van der Waals surface area contributed by atoms with Crippen LogP contribution in [0.4, 0.5) is 6.01 Å². The zero-order valence-corrected chi connectivity index (χ0v) is 12.9. The smallest absolute Gasteiger partial charge is 0.298 e. The zero-order chi connectivity index (χ0) is 15.5. The number of oxazole rings is 1. The molecule has 1 aromatic heterocycles. The predicted octanol–water partition coefficient (Wildman–Crippen LogP) is 1.60. The first kappa shape index (κ1) is 14.8. The summed E-state index contributed by atoms with van der Waals surface area (Å²) in [5.74, 6) is 0.189. The first-order valence-electron chi connectivity index (χ1n) is 7.77. The maximum atomic E-state index is 12.1. The van der Waals surface area contributed by atoms with E-state index < -0.39 is 0 Å². The standard InChI is InChI=1S/C16H22N4O2/c1-12(17)6-7-15(21)19-8-10-20(11-9-19)16-18-13-4-2-3-5-14(13)22-16/h2-5,12H,6-11,17H2,1H3. The number of piperazine rings is 1. The molecule has 6 nitrogen and oxygen atoms in total. The number of amides is 1. The van der Waals surface area contributed by atoms with Crippen LogP contribution in [0.5, 0.6) is 0 Å². The Bertz CT molecular complexity index is 611. The van der Waals surface area contributed by atoms with Gasteiger partial charge in [-0.25, -0.2) is 0 Å². The molecule has 2 heterocycles. The van der Waals surface area contributed by atoms with Crippen LogP contribution >= 0.6 is 0 Å². The lowest BCUT2D eigenvalue weighted by Gasteiger charge is -2.34. The Kier molecular flexibility index (Phi) is 4.29. The third-order valence-corrected chi connectivity index (χ3v) is 4.00. The van der Waals surface area contributed by atoms with Crippen LogP contribution < -0.4 is 10.6 Å². The molecule has 1 aliphatic heterocycles. The second-order valence-electron chi connectivity index (χ2n) is 5.85. The summed E-state index contributed by atoms with van der Waals surface area (Å²) in [7, 11) is 0. The van der Waals surface area contributed by atoms with Gasteiger partial charge < -0.3 is 20.0 Å². The van der Waals surface area contributed by atoms with Crippen LogP contribution in [0.1, 0.15) is 19.8 Å². The van der Waals surface area contributed by atoms with Gasteiger partial charge in [0.2, 0.25) is 5.91 Å². The van der Waals surface area contributed by atoms with Gasteiger partial charge in [-0.2, -0.15) is 4.98 Å². The lowest BCUT2D eigenvalue weighted by Crippen LogP contribution is -2.49. The van der Waals surface area contributed by atoms with Crippen LogP contribution in [-0.4, -0.2) is 48.0 Å². The fraction of sp³-hybridized carbons (Fsp3) is 0.500. The predicted molar refractivity (Wildman–Crippen MR) is 85.7 cm³/mol. The molecule has 6 heteroatoms. The van der Waals surface area contributed by atoms with E-state index in [2.05, 4.69) is 9.88 Å². The highest BCUT2D eigenvalue weighted by Gasteiger charge is 2.23. The fourth-order valence-corrected chi connectivity index (χ4v) is 2.65. The van der Waals surface area contributed by atoms with Gasteiger partial charge in [0.1, 0.15) is 5.52 Å². The molecule has 1 unspecified atom stereocenters. The molecule has 1 fully saturated rings. The molecule has 1 aromatic carbocycles. The molecule has 1 saturated heterocycles. The molecular weight excluding hydrogens is 280 g/mol. The lowest BCUT2D eigenvalue weighted by molar-refractivity contribution is -0.131. The van der Waals surface area contributed by atoms with Crippen LogP contribution in [0, 0.1) is 0 Å². The van der Waals surface area contributed by atoms with Crippen molar-refractivity contribution in [1.82, 2.24) is 9.88 Å². The molecule has 2 aromatic rings. The van der Waals surface area contributed by atoms with E-state index in [0.717, 1.165) is 30.6 Å². The van der Waals surface area contributed by atoms with Gasteiger partial charge in [-0.3, -0.25) is 4.79 Å². The molecule has 0 saturated carbocycles. The fourth-order valence-electron chi connectivity index (χ4n) is 2.65. The van der Waals surface area contributed by atoms with E-state index in [-0.39, 0.29) is 11.9 Å². The Balaban J connectivity index is 1.58. The Morgan fingerprint density at radius 3 is 2.73 bits per heavy atom. The summed E-state index contributed by atoms with van der Waals surface area (Å²) < 4.78 is 5.78. The molecule has 3 rings (SSSR count). The first-order chi connectivity index (χ1) is 10.6. The van der Waals surface area contributed by atoms with Crippen LogP contribution in [0.15, 0.2) is 28.7 Å². The third-order valence-electron chi connectivity index (χ3n) is 4.00. The molecule has 22 heavy (non-hydrogen) atoms. The third kappa shape index (κ3) is 3.22. The Morgan fingerprint density at radius 2 is 2.05 bits per heavy atom. The average molecular weight is 302 g/mol. The van der Waals surface area contributed by atoms with E-state index in [1.54, 1.807) is 0 Å². The van der Waals surface area contributed by atoms with Gasteiger partial charge in [0, 0.05) is 38.6 Å². The second-order valence-corrected chi connectivity index (χ2v) is 5.85. The molecule has 118 valence electrons. The summed E-state index contributed by atoms with van der Waals surface area (Å²) in [4.78, 5) is 20.6.